The molecule has 0 spiro atoms. The van der Waals surface area contributed by atoms with Gasteiger partial charge in [-0.3, -0.25) is 4.98 Å². The summed E-state index contributed by atoms with van der Waals surface area (Å²) in [6.45, 7) is 0. The lowest BCUT2D eigenvalue weighted by atomic mass is 9.80. The Morgan fingerprint density at radius 3 is 3.16 bits per heavy atom. The van der Waals surface area contributed by atoms with E-state index >= 15 is 0 Å². The van der Waals surface area contributed by atoms with Gasteiger partial charge in [-0.1, -0.05) is 0 Å². The summed E-state index contributed by atoms with van der Waals surface area (Å²) < 4.78 is 13.4. The van der Waals surface area contributed by atoms with Crippen molar-refractivity contribution in [3.05, 3.63) is 51.7 Å². The van der Waals surface area contributed by atoms with E-state index in [0.717, 1.165) is 12.0 Å². The molecule has 1 aliphatic carbocycles. The molecule has 0 fully saturated rings. The fourth-order valence-electron chi connectivity index (χ4n) is 3.07. The number of likely N-dealkylation sites (N-methyl/N-ethyl adjacent to an activating group) is 1. The molecule has 2 unspecified atom stereocenters. The van der Waals surface area contributed by atoms with Crippen molar-refractivity contribution in [1.82, 2.24) is 10.3 Å². The molecule has 2 heterocycles. The first-order valence-electron chi connectivity index (χ1n) is 6.63. The molecule has 2 atom stereocenters. The van der Waals surface area contributed by atoms with Gasteiger partial charge in [0.2, 0.25) is 0 Å². The van der Waals surface area contributed by atoms with Crippen molar-refractivity contribution in [3.63, 3.8) is 0 Å². The van der Waals surface area contributed by atoms with Crippen molar-refractivity contribution in [1.29, 1.82) is 0 Å². The van der Waals surface area contributed by atoms with Crippen LogP contribution in [0.1, 0.15) is 40.8 Å². The Balaban J connectivity index is 1.96. The van der Waals surface area contributed by atoms with Crippen LogP contribution in [-0.4, -0.2) is 12.0 Å². The van der Waals surface area contributed by atoms with Crippen LogP contribution in [0.25, 0.3) is 0 Å². The van der Waals surface area contributed by atoms with Crippen molar-refractivity contribution in [2.24, 2.45) is 0 Å². The normalized spacial score (nSPS) is 20.0. The average molecular weight is 276 g/mol. The zero-order valence-electron chi connectivity index (χ0n) is 10.9. The van der Waals surface area contributed by atoms with Crippen LogP contribution in [-0.2, 0) is 6.42 Å². The highest BCUT2D eigenvalue weighted by Gasteiger charge is 2.29. The number of thiophene rings is 1. The van der Waals surface area contributed by atoms with Gasteiger partial charge in [-0.15, -0.1) is 11.3 Å². The van der Waals surface area contributed by atoms with E-state index in [1.807, 2.05) is 18.4 Å². The van der Waals surface area contributed by atoms with E-state index in [2.05, 4.69) is 21.7 Å². The minimum absolute atomic E-state index is 0.136. The topological polar surface area (TPSA) is 24.9 Å². The SMILES string of the molecule is CNC(c1cncc(F)c1)C1CCCc2sccc21. The number of fused-ring (bicyclic) bond motifs is 1. The first kappa shape index (κ1) is 12.8. The molecule has 0 saturated heterocycles. The molecule has 2 aromatic rings. The Morgan fingerprint density at radius 2 is 2.37 bits per heavy atom. The smallest absolute Gasteiger partial charge is 0.141 e. The standard InChI is InChI=1S/C15H17FN2S/c1-17-15(10-7-11(16)9-18-8-10)13-3-2-4-14-12(13)5-6-19-14/h5-9,13,15,17H,2-4H2,1H3. The van der Waals surface area contributed by atoms with E-state index < -0.39 is 0 Å². The van der Waals surface area contributed by atoms with Crippen molar-refractivity contribution in [2.75, 3.05) is 7.05 Å². The molecule has 19 heavy (non-hydrogen) atoms. The highest BCUT2D eigenvalue weighted by atomic mass is 32.1. The third-order valence-electron chi connectivity index (χ3n) is 3.90. The maximum Gasteiger partial charge on any atom is 0.141 e. The van der Waals surface area contributed by atoms with Crippen LogP contribution < -0.4 is 5.32 Å². The number of aryl methyl sites for hydroxylation is 1. The van der Waals surface area contributed by atoms with Gasteiger partial charge in [0.05, 0.1) is 6.20 Å². The highest BCUT2D eigenvalue weighted by Crippen LogP contribution is 2.42. The summed E-state index contributed by atoms with van der Waals surface area (Å²) >= 11 is 1.84. The van der Waals surface area contributed by atoms with Crippen molar-refractivity contribution in [2.45, 2.75) is 31.2 Å². The van der Waals surface area contributed by atoms with E-state index in [0.29, 0.717) is 5.92 Å². The Hall–Kier alpha value is -1.26. The van der Waals surface area contributed by atoms with Gasteiger partial charge in [0.25, 0.3) is 0 Å². The van der Waals surface area contributed by atoms with E-state index in [-0.39, 0.29) is 11.9 Å². The monoisotopic (exact) mass is 276 g/mol. The van der Waals surface area contributed by atoms with Gasteiger partial charge in [-0.2, -0.15) is 0 Å². The van der Waals surface area contributed by atoms with Gasteiger partial charge < -0.3 is 5.32 Å². The predicted molar refractivity (Wildman–Crippen MR) is 76.0 cm³/mol. The summed E-state index contributed by atoms with van der Waals surface area (Å²) in [4.78, 5) is 5.47. The molecule has 2 nitrogen and oxygen atoms in total. The number of pyridine rings is 1. The van der Waals surface area contributed by atoms with Gasteiger partial charge in [0.1, 0.15) is 5.82 Å². The largest absolute Gasteiger partial charge is 0.312 e. The minimum Gasteiger partial charge on any atom is -0.312 e. The molecule has 0 saturated carbocycles. The summed E-state index contributed by atoms with van der Waals surface area (Å²) in [5.41, 5.74) is 2.37. The third-order valence-corrected chi connectivity index (χ3v) is 4.89. The zero-order chi connectivity index (χ0) is 13.2. The molecule has 4 heteroatoms. The van der Waals surface area contributed by atoms with Crippen LogP contribution in [0.4, 0.5) is 4.39 Å². The summed E-state index contributed by atoms with van der Waals surface area (Å²) in [7, 11) is 1.94. The van der Waals surface area contributed by atoms with Crippen LogP contribution in [0.5, 0.6) is 0 Å². The Bertz CT molecular complexity index is 567. The molecule has 0 radical (unpaired) electrons. The van der Waals surface area contributed by atoms with Crippen LogP contribution in [0.15, 0.2) is 29.9 Å². The molecule has 0 bridgehead atoms. The molecule has 1 aliphatic rings. The lowest BCUT2D eigenvalue weighted by molar-refractivity contribution is 0.425. The van der Waals surface area contributed by atoms with Crippen LogP contribution >= 0.6 is 11.3 Å². The second-order valence-corrected chi connectivity index (χ2v) is 6.00. The number of halogens is 1. The van der Waals surface area contributed by atoms with Crippen LogP contribution in [0, 0.1) is 5.82 Å². The van der Waals surface area contributed by atoms with Gasteiger partial charge in [0, 0.05) is 23.0 Å². The molecule has 1 N–H and O–H groups in total. The van der Waals surface area contributed by atoms with E-state index in [1.165, 1.54) is 29.5 Å². The molecule has 0 aromatic carbocycles. The van der Waals surface area contributed by atoms with Gasteiger partial charge in [-0.05, 0) is 54.9 Å². The lowest BCUT2D eigenvalue weighted by Crippen LogP contribution is -2.26. The summed E-state index contributed by atoms with van der Waals surface area (Å²) in [6.07, 6.45) is 6.56. The first-order chi connectivity index (χ1) is 9.29. The molecule has 3 rings (SSSR count). The predicted octanol–water partition coefficient (Wildman–Crippen LogP) is 3.66. The maximum atomic E-state index is 13.4. The van der Waals surface area contributed by atoms with E-state index in [9.17, 15) is 4.39 Å². The zero-order valence-corrected chi connectivity index (χ0v) is 11.7. The summed E-state index contributed by atoms with van der Waals surface area (Å²) in [6, 6.07) is 3.95. The lowest BCUT2D eigenvalue weighted by Gasteiger charge is -2.30. The van der Waals surface area contributed by atoms with Crippen LogP contribution in [0.2, 0.25) is 0 Å². The Morgan fingerprint density at radius 1 is 1.47 bits per heavy atom. The molecule has 0 amide bonds. The molecular weight excluding hydrogens is 259 g/mol. The molecular formula is C15H17FN2S. The van der Waals surface area contributed by atoms with E-state index in [4.69, 9.17) is 0 Å². The van der Waals surface area contributed by atoms with Crippen molar-refractivity contribution in [3.8, 4) is 0 Å². The van der Waals surface area contributed by atoms with Crippen molar-refractivity contribution < 1.29 is 4.39 Å². The fourth-order valence-corrected chi connectivity index (χ4v) is 4.06. The number of nitrogens with zero attached hydrogens (tertiary/aromatic N) is 1. The number of nitrogens with one attached hydrogen (secondary N) is 1. The fraction of sp³-hybridized carbons (Fsp3) is 0.400. The molecule has 100 valence electrons. The summed E-state index contributed by atoms with van der Waals surface area (Å²) in [5.74, 6) is 0.155. The minimum atomic E-state index is -0.265. The van der Waals surface area contributed by atoms with Crippen molar-refractivity contribution >= 4 is 11.3 Å². The number of hydrogen-bond donors (Lipinski definition) is 1. The Kier molecular flexibility index (Phi) is 3.62. The Labute approximate surface area is 116 Å². The molecule has 2 aromatic heterocycles. The number of aromatic nitrogens is 1. The highest BCUT2D eigenvalue weighted by molar-refractivity contribution is 7.10. The van der Waals surface area contributed by atoms with Crippen LogP contribution in [0.3, 0.4) is 0 Å². The van der Waals surface area contributed by atoms with Gasteiger partial charge >= 0.3 is 0 Å². The molecule has 0 aliphatic heterocycles. The first-order valence-corrected chi connectivity index (χ1v) is 7.51. The summed E-state index contributed by atoms with van der Waals surface area (Å²) in [5, 5.41) is 5.51. The number of rotatable bonds is 3. The second kappa shape index (κ2) is 5.39. The second-order valence-electron chi connectivity index (χ2n) is 5.00. The van der Waals surface area contributed by atoms with Gasteiger partial charge in [0.15, 0.2) is 0 Å². The number of hydrogen-bond acceptors (Lipinski definition) is 3. The van der Waals surface area contributed by atoms with Gasteiger partial charge in [-0.25, -0.2) is 4.39 Å². The average Bonchev–Trinajstić information content (AvgIpc) is 2.89. The maximum absolute atomic E-state index is 13.4. The quantitative estimate of drug-likeness (QED) is 0.925. The third kappa shape index (κ3) is 2.42. The van der Waals surface area contributed by atoms with E-state index in [1.54, 1.807) is 12.3 Å².